The van der Waals surface area contributed by atoms with E-state index < -0.39 is 0 Å². The van der Waals surface area contributed by atoms with E-state index in [1.165, 1.54) is 17.4 Å². The molecule has 0 saturated heterocycles. The maximum Gasteiger partial charge on any atom is 0.229 e. The van der Waals surface area contributed by atoms with Crippen molar-refractivity contribution in [2.45, 2.75) is 17.7 Å². The molecule has 3 rings (SSSR count). The van der Waals surface area contributed by atoms with Crippen molar-refractivity contribution in [1.29, 1.82) is 0 Å². The van der Waals surface area contributed by atoms with Crippen LogP contribution in [0.3, 0.4) is 0 Å². The fraction of sp³-hybridized carbons (Fsp3) is 0.333. The first-order chi connectivity index (χ1) is 13.5. The maximum absolute atomic E-state index is 14.0. The van der Waals surface area contributed by atoms with Crippen LogP contribution in [0, 0.1) is 5.82 Å². The molecule has 0 unspecified atom stereocenters. The number of para-hydroxylation sites is 1. The summed E-state index contributed by atoms with van der Waals surface area (Å²) < 4.78 is 14.8. The third kappa shape index (κ3) is 6.67. The number of hydrogen-bond acceptors (Lipinski definition) is 5. The monoisotopic (exact) mass is 453 g/mol. The van der Waals surface area contributed by atoms with E-state index in [1.807, 2.05) is 50.5 Å². The predicted octanol–water partition coefficient (Wildman–Crippen LogP) is 5.32. The zero-order valence-corrected chi connectivity index (χ0v) is 19.0. The summed E-state index contributed by atoms with van der Waals surface area (Å²) in [7, 11) is 4.02. The van der Waals surface area contributed by atoms with Crippen molar-refractivity contribution in [3.63, 3.8) is 0 Å². The van der Waals surface area contributed by atoms with Gasteiger partial charge in [0.25, 0.3) is 0 Å². The minimum atomic E-state index is -0.347. The molecule has 4 nitrogen and oxygen atoms in total. The lowest BCUT2D eigenvalue weighted by atomic mass is 10.3. The predicted molar refractivity (Wildman–Crippen MR) is 124 cm³/mol. The van der Waals surface area contributed by atoms with Crippen LogP contribution in [0.4, 0.5) is 9.52 Å². The Morgan fingerprint density at radius 2 is 1.86 bits per heavy atom. The number of thiazole rings is 1. The topological polar surface area (TPSA) is 36.4 Å². The number of amides is 1. The van der Waals surface area contributed by atoms with Crippen molar-refractivity contribution in [2.24, 2.45) is 0 Å². The highest BCUT2D eigenvalue weighted by Gasteiger charge is 2.20. The second-order valence-corrected chi connectivity index (χ2v) is 8.87. The van der Waals surface area contributed by atoms with Crippen LogP contribution in [-0.4, -0.2) is 48.7 Å². The van der Waals surface area contributed by atoms with Crippen LogP contribution in [0.25, 0.3) is 10.2 Å². The Kier molecular flexibility index (Phi) is 9.36. The van der Waals surface area contributed by atoms with Crippen LogP contribution in [0.15, 0.2) is 53.4 Å². The molecule has 1 heterocycles. The number of carbonyl (C=O) groups is 1. The molecule has 8 heteroatoms. The summed E-state index contributed by atoms with van der Waals surface area (Å²) in [6.07, 6.45) is 1.25. The van der Waals surface area contributed by atoms with Crippen molar-refractivity contribution in [1.82, 2.24) is 9.88 Å². The molecule has 0 spiro atoms. The molecule has 29 heavy (non-hydrogen) atoms. The first-order valence-corrected chi connectivity index (χ1v) is 11.0. The number of hydrogen-bond donors (Lipinski definition) is 0. The van der Waals surface area contributed by atoms with Crippen molar-refractivity contribution in [3.8, 4) is 0 Å². The second kappa shape index (κ2) is 11.5. The molecule has 1 amide bonds. The minimum Gasteiger partial charge on any atom is -0.309 e. The molecule has 0 N–H and O–H groups in total. The summed E-state index contributed by atoms with van der Waals surface area (Å²) in [6.45, 7) is 1.45. The Labute approximate surface area is 185 Å². The second-order valence-electron chi connectivity index (χ2n) is 6.70. The van der Waals surface area contributed by atoms with Crippen LogP contribution in [-0.2, 0) is 4.79 Å². The lowest BCUT2D eigenvalue weighted by molar-refractivity contribution is -0.118. The van der Waals surface area contributed by atoms with Gasteiger partial charge < -0.3 is 4.90 Å². The Morgan fingerprint density at radius 1 is 1.10 bits per heavy atom. The third-order valence-corrected chi connectivity index (χ3v) is 6.26. The molecular weight excluding hydrogens is 429 g/mol. The van der Waals surface area contributed by atoms with E-state index in [0.29, 0.717) is 29.4 Å². The van der Waals surface area contributed by atoms with E-state index in [2.05, 4.69) is 9.88 Å². The van der Waals surface area contributed by atoms with Gasteiger partial charge in [0.2, 0.25) is 5.91 Å². The molecule has 156 valence electrons. The van der Waals surface area contributed by atoms with Crippen molar-refractivity contribution < 1.29 is 9.18 Å². The SMILES string of the molecule is CN(C)CCCN(C(=O)CCSc1ccccc1)c1nc2c(F)cccc2s1.Cl. The van der Waals surface area contributed by atoms with Gasteiger partial charge in [-0.3, -0.25) is 9.69 Å². The van der Waals surface area contributed by atoms with Gasteiger partial charge in [-0.25, -0.2) is 9.37 Å². The lowest BCUT2D eigenvalue weighted by Gasteiger charge is -2.21. The molecule has 0 fully saturated rings. The lowest BCUT2D eigenvalue weighted by Crippen LogP contribution is -2.33. The van der Waals surface area contributed by atoms with Crippen molar-refractivity contribution in [2.75, 3.05) is 37.8 Å². The Balaban J connectivity index is 0.00000300. The Morgan fingerprint density at radius 3 is 2.55 bits per heavy atom. The van der Waals surface area contributed by atoms with Crippen LogP contribution in [0.2, 0.25) is 0 Å². The van der Waals surface area contributed by atoms with E-state index in [0.717, 1.165) is 22.6 Å². The largest absolute Gasteiger partial charge is 0.309 e. The van der Waals surface area contributed by atoms with E-state index in [1.54, 1.807) is 22.7 Å². The standard InChI is InChI=1S/C21H24FN3OS2.ClH/c1-24(2)13-7-14-25(19(26)12-15-27-16-8-4-3-5-9-16)21-23-20-17(22)10-6-11-18(20)28-21;/h3-6,8-11H,7,12-15H2,1-2H3;1H. The van der Waals surface area contributed by atoms with Crippen molar-refractivity contribution >= 4 is 56.8 Å². The van der Waals surface area contributed by atoms with Crippen LogP contribution >= 0.6 is 35.5 Å². The first kappa shape index (κ1) is 23.6. The maximum atomic E-state index is 14.0. The van der Waals surface area contributed by atoms with E-state index in [4.69, 9.17) is 0 Å². The van der Waals surface area contributed by atoms with Gasteiger partial charge >= 0.3 is 0 Å². The number of anilines is 1. The number of thioether (sulfide) groups is 1. The Hall–Kier alpha value is -1.67. The molecular formula is C21H25ClFN3OS2. The van der Waals surface area contributed by atoms with Gasteiger partial charge in [-0.1, -0.05) is 35.6 Å². The summed E-state index contributed by atoms with van der Waals surface area (Å²) in [5.41, 5.74) is 0.339. The minimum absolute atomic E-state index is 0. The number of halogens is 2. The van der Waals surface area contributed by atoms with Gasteiger partial charge in [0.1, 0.15) is 11.3 Å². The molecule has 2 aromatic carbocycles. The van der Waals surface area contributed by atoms with Crippen molar-refractivity contribution in [3.05, 3.63) is 54.3 Å². The molecule has 0 aliphatic carbocycles. The summed E-state index contributed by atoms with van der Waals surface area (Å²) in [6, 6.07) is 15.0. The summed E-state index contributed by atoms with van der Waals surface area (Å²) in [5.74, 6) is 0.383. The quantitative estimate of drug-likeness (QED) is 0.410. The highest BCUT2D eigenvalue weighted by atomic mass is 35.5. The van der Waals surface area contributed by atoms with E-state index >= 15 is 0 Å². The van der Waals surface area contributed by atoms with Crippen LogP contribution < -0.4 is 4.90 Å². The normalized spacial score (nSPS) is 10.9. The number of aromatic nitrogens is 1. The van der Waals surface area contributed by atoms with E-state index in [-0.39, 0.29) is 24.1 Å². The van der Waals surface area contributed by atoms with Crippen LogP contribution in [0.1, 0.15) is 12.8 Å². The number of fused-ring (bicyclic) bond motifs is 1. The molecule has 0 aliphatic heterocycles. The highest BCUT2D eigenvalue weighted by molar-refractivity contribution is 7.99. The fourth-order valence-electron chi connectivity index (χ4n) is 2.80. The Bertz CT molecular complexity index is 921. The van der Waals surface area contributed by atoms with Gasteiger partial charge in [-0.15, -0.1) is 24.2 Å². The molecule has 3 aromatic rings. The molecule has 1 aromatic heterocycles. The van der Waals surface area contributed by atoms with E-state index in [9.17, 15) is 9.18 Å². The van der Waals surface area contributed by atoms with Gasteiger partial charge in [0.15, 0.2) is 5.13 Å². The van der Waals surface area contributed by atoms with Crippen LogP contribution in [0.5, 0.6) is 0 Å². The summed E-state index contributed by atoms with van der Waals surface area (Å²) >= 11 is 3.03. The van der Waals surface area contributed by atoms with Gasteiger partial charge in [-0.05, 0) is 51.3 Å². The molecule has 0 saturated carbocycles. The number of carbonyl (C=O) groups excluding carboxylic acids is 1. The van der Waals surface area contributed by atoms with Gasteiger partial charge in [0, 0.05) is 23.6 Å². The highest BCUT2D eigenvalue weighted by Crippen LogP contribution is 2.31. The average molecular weight is 454 g/mol. The summed E-state index contributed by atoms with van der Waals surface area (Å²) in [4.78, 5) is 22.3. The first-order valence-electron chi connectivity index (χ1n) is 9.22. The smallest absolute Gasteiger partial charge is 0.229 e. The van der Waals surface area contributed by atoms with Gasteiger partial charge in [-0.2, -0.15) is 0 Å². The zero-order valence-electron chi connectivity index (χ0n) is 16.5. The average Bonchev–Trinajstić information content (AvgIpc) is 3.11. The third-order valence-electron chi connectivity index (χ3n) is 4.21. The number of benzene rings is 2. The molecule has 0 atom stereocenters. The summed E-state index contributed by atoms with van der Waals surface area (Å²) in [5, 5.41) is 0.577. The molecule has 0 aliphatic rings. The number of rotatable bonds is 9. The molecule has 0 radical (unpaired) electrons. The number of nitrogens with zero attached hydrogens (tertiary/aromatic N) is 3. The van der Waals surface area contributed by atoms with Gasteiger partial charge in [0.05, 0.1) is 4.70 Å². The fourth-order valence-corrected chi connectivity index (χ4v) is 4.68. The zero-order chi connectivity index (χ0) is 19.9. The molecule has 0 bridgehead atoms.